The average Bonchev–Trinajstić information content (AvgIpc) is 1.12. The molecule has 2 aliphatic carbocycles. The van der Waals surface area contributed by atoms with Gasteiger partial charge in [0.05, 0.1) is 106 Å². The number of nitrogens with one attached hydrogen (secondary N) is 6. The number of sulfone groups is 1. The summed E-state index contributed by atoms with van der Waals surface area (Å²) >= 11 is 19.3. The van der Waals surface area contributed by atoms with E-state index in [1.165, 1.54) is 78.4 Å². The summed E-state index contributed by atoms with van der Waals surface area (Å²) in [6, 6.07) is 28.8. The van der Waals surface area contributed by atoms with Gasteiger partial charge in [0, 0.05) is 142 Å². The number of para-hydroxylation sites is 1. The fourth-order valence-corrected chi connectivity index (χ4v) is 24.1. The Morgan fingerprint density at radius 3 is 1.54 bits per heavy atom. The molecule has 8 heterocycles. The number of quaternary nitrogens is 1. The number of hydrogen-bond acceptors (Lipinski definition) is 28. The largest absolute Gasteiger partial charge is 0.628 e. The molecular weight excluding hydrogens is 1670 g/mol. The molecule has 5 aromatic carbocycles. The number of halogens is 3. The molecule has 4 unspecified atom stereocenters. The number of ether oxygens (including phenoxy) is 4. The summed E-state index contributed by atoms with van der Waals surface area (Å²) in [5, 5.41) is 33.8. The van der Waals surface area contributed by atoms with E-state index >= 15 is 0 Å². The van der Waals surface area contributed by atoms with Crippen LogP contribution in [-0.2, 0) is 23.8 Å². The Kier molecular flexibility index (Phi) is 29.6. The molecule has 3 aromatic heterocycles. The summed E-state index contributed by atoms with van der Waals surface area (Å²) in [6.07, 6.45) is 17.1. The van der Waals surface area contributed by atoms with Gasteiger partial charge in [-0.25, -0.2) is 23.4 Å². The van der Waals surface area contributed by atoms with Crippen molar-refractivity contribution in [2.75, 3.05) is 203 Å². The lowest BCUT2D eigenvalue weighted by molar-refractivity contribution is -0.122. The molecule has 1 saturated carbocycles. The normalized spacial score (nSPS) is 20.4. The van der Waals surface area contributed by atoms with Crippen molar-refractivity contribution in [3.8, 4) is 23.0 Å². The monoisotopic (exact) mass is 1790 g/mol. The summed E-state index contributed by atoms with van der Waals surface area (Å²) in [4.78, 5) is 53.8. The lowest BCUT2D eigenvalue weighted by Gasteiger charge is -2.42. The van der Waals surface area contributed by atoms with E-state index in [9.17, 15) is 27.5 Å². The number of hydrogen-bond donors (Lipinski definition) is 7. The first kappa shape index (κ1) is 91.1. The van der Waals surface area contributed by atoms with Gasteiger partial charge in [0.15, 0.2) is 27.3 Å². The Labute approximate surface area is 731 Å². The lowest BCUT2D eigenvalue weighted by atomic mass is 9.88. The van der Waals surface area contributed by atoms with Crippen LogP contribution in [0, 0.1) is 29.9 Å². The van der Waals surface area contributed by atoms with Crippen molar-refractivity contribution >= 4 is 151 Å². The molecule has 656 valence electrons. The van der Waals surface area contributed by atoms with Crippen molar-refractivity contribution in [1.29, 1.82) is 0 Å². The number of piperidine rings is 2. The van der Waals surface area contributed by atoms with Gasteiger partial charge in [0.1, 0.15) is 58.0 Å². The molecule has 2 bridgehead atoms. The zero-order chi connectivity index (χ0) is 87.0. The van der Waals surface area contributed by atoms with Crippen molar-refractivity contribution < 1.29 is 41.3 Å². The van der Waals surface area contributed by atoms with Crippen molar-refractivity contribution in [3.05, 3.63) is 148 Å². The number of rotatable bonds is 26. The van der Waals surface area contributed by atoms with Gasteiger partial charge in [0.2, 0.25) is 23.8 Å². The highest BCUT2D eigenvalue weighted by Gasteiger charge is 2.48. The van der Waals surface area contributed by atoms with Crippen LogP contribution in [0.1, 0.15) is 58.4 Å². The second kappa shape index (κ2) is 39.7. The number of likely N-dealkylation sites (tertiary alicyclic amines) is 1. The molecule has 8 N–H and O–H groups in total. The number of aromatic nitrogens is 6. The summed E-state index contributed by atoms with van der Waals surface area (Å²) in [6.45, 7) is 20.6. The molecular formula is C86H115Cl3N20O10P2S. The highest BCUT2D eigenvalue weighted by Crippen LogP contribution is 2.51. The molecule has 8 aromatic rings. The maximum Gasteiger partial charge on any atom is 0.229 e. The number of primary amides is 1. The van der Waals surface area contributed by atoms with Crippen LogP contribution in [0.15, 0.2) is 127 Å². The maximum atomic E-state index is 14.0. The van der Waals surface area contributed by atoms with Crippen molar-refractivity contribution in [2.45, 2.75) is 88.1 Å². The molecule has 4 atom stereocenters. The second-order valence-electron chi connectivity index (χ2n) is 33.0. The van der Waals surface area contributed by atoms with Crippen LogP contribution in [-0.4, -0.2) is 258 Å². The molecule has 1 amide bonds. The van der Waals surface area contributed by atoms with Crippen LogP contribution < -0.4 is 76.7 Å². The van der Waals surface area contributed by atoms with Crippen LogP contribution in [0.25, 0.3) is 0 Å². The van der Waals surface area contributed by atoms with Crippen LogP contribution in [0.3, 0.4) is 0 Å². The van der Waals surface area contributed by atoms with E-state index in [0.717, 1.165) is 106 Å². The Bertz CT molecular complexity index is 5260. The highest BCUT2D eigenvalue weighted by atomic mass is 35.5. The number of piperazine rings is 1. The zero-order valence-electron chi connectivity index (χ0n) is 71.6. The van der Waals surface area contributed by atoms with E-state index in [1.54, 1.807) is 71.7 Å². The molecule has 30 nitrogen and oxygen atoms in total. The molecule has 36 heteroatoms. The van der Waals surface area contributed by atoms with E-state index in [-0.39, 0.29) is 51.4 Å². The van der Waals surface area contributed by atoms with Crippen molar-refractivity contribution in [1.82, 2.24) is 59.0 Å². The highest BCUT2D eigenvalue weighted by molar-refractivity contribution is 7.92. The maximum absolute atomic E-state index is 14.0. The number of hydroxylamine groups is 2. The number of nitrogens with zero attached hydrogens (tertiary/aromatic N) is 13. The van der Waals surface area contributed by atoms with Crippen LogP contribution >= 0.6 is 49.1 Å². The zero-order valence-corrected chi connectivity index (χ0v) is 76.4. The Balaban J connectivity index is 0.000000160. The minimum absolute atomic E-state index is 0.143. The Morgan fingerprint density at radius 1 is 0.566 bits per heavy atom. The van der Waals surface area contributed by atoms with Gasteiger partial charge in [-0.1, -0.05) is 66.0 Å². The van der Waals surface area contributed by atoms with E-state index in [2.05, 4.69) is 137 Å². The number of methoxy groups -OCH3 is 4. The number of nitrogens with two attached hydrogens (primary N) is 1. The molecule has 5 saturated heterocycles. The summed E-state index contributed by atoms with van der Waals surface area (Å²) < 4.78 is 75.4. The van der Waals surface area contributed by atoms with Crippen molar-refractivity contribution in [3.63, 3.8) is 0 Å². The SMILES string of the molecule is CCN1CCP(=O)(c2ccc(Nc3nc(Nc4ccc(N5CCC(N6CCN(C)CC6)CC5)cc4OC)ncc3Cl)c(OC)c2)CC1.COc1cc(P2(=O)CCN(C3CCN(C)CC3)CC2)ccc1Nc1ncc(Cl)c(NC2C3C=CC(C3)C2C(N)=O)n1.COc1cc([N+](C)(C)[O-])c(C)cc1Nc1ncc(Cl)c(Nc2ccccc2S(=O)(=O)C(C)C)n1. The Hall–Kier alpha value is -8.65. The summed E-state index contributed by atoms with van der Waals surface area (Å²) in [5.41, 5.74) is 11.2. The number of anilines is 12. The number of likely N-dealkylation sites (N-methyl/N-ethyl adjacent to an activating group) is 1. The lowest BCUT2D eigenvalue weighted by Crippen LogP contribution is -2.52. The first-order valence-electron chi connectivity index (χ1n) is 41.6. The number of fused-ring (bicyclic) bond motifs is 2. The third-order valence-corrected chi connectivity index (χ3v) is 33.7. The first-order chi connectivity index (χ1) is 58.4. The standard InChI is InChI=1S/C34H48ClN8O3P.C29H39ClN7O3P.C23H28ClN5O4S/c1-5-41-18-20-47(44,21-19-41)27-7-9-29(32(23-27)46-4)37-33-28(35)24-36-34(39-33)38-30-8-6-26(22-31(30)45-3)42-12-10-25(11-13-42)43-16-14-40(2)15-17-43;1-36-9-7-20(8-10-36)37-11-13-41(39,14-12-37)21-5-6-23(24(16-21)40-2)33-29-32-17-22(30)28(35-29)34-26-19-4-3-18(15-19)25(26)27(31)38;1-14(2)34(31,32)21-10-8-7-9-17(21)26-22-16(24)13-25-23(28-22)27-18-11-15(3)19(29(4,5)30)12-20(18)33-6/h6-9,22-25H,5,10-21H2,1-4H3,(H2,36,37,38,39);3-6,16-20,25-26H,7-15H2,1-2H3,(H2,31,38)(H2,32,33,34,35);7-14H,1-6H3,(H2,25,26,27,28). The van der Waals surface area contributed by atoms with Gasteiger partial charge in [-0.15, -0.1) is 0 Å². The van der Waals surface area contributed by atoms with Crippen LogP contribution in [0.4, 0.5) is 75.1 Å². The molecule has 7 aliphatic rings. The quantitative estimate of drug-likeness (QED) is 0.0115. The molecule has 6 fully saturated rings. The third kappa shape index (κ3) is 21.5. The van der Waals surface area contributed by atoms with Gasteiger partial charge < -0.3 is 95.2 Å². The predicted octanol–water partition coefficient (Wildman–Crippen LogP) is 13.7. The van der Waals surface area contributed by atoms with Crippen LogP contribution in [0.5, 0.6) is 23.0 Å². The van der Waals surface area contributed by atoms with Crippen LogP contribution in [0.2, 0.25) is 15.1 Å². The molecule has 0 radical (unpaired) electrons. The predicted molar refractivity (Wildman–Crippen MR) is 493 cm³/mol. The Morgan fingerprint density at radius 2 is 1.02 bits per heavy atom. The molecule has 15 rings (SSSR count). The number of carbonyl (C=O) groups is 1. The van der Waals surface area contributed by atoms with E-state index in [1.807, 2.05) is 49.4 Å². The van der Waals surface area contributed by atoms with E-state index in [4.69, 9.17) is 59.5 Å². The molecule has 5 aliphatic heterocycles. The molecule has 122 heavy (non-hydrogen) atoms. The number of amides is 1. The van der Waals surface area contributed by atoms with Crippen molar-refractivity contribution in [2.24, 2.45) is 23.5 Å². The third-order valence-electron chi connectivity index (χ3n) is 24.6. The van der Waals surface area contributed by atoms with Gasteiger partial charge in [-0.3, -0.25) is 14.6 Å². The van der Waals surface area contributed by atoms with Gasteiger partial charge in [0.25, 0.3) is 0 Å². The van der Waals surface area contributed by atoms with Gasteiger partial charge in [-0.05, 0) is 165 Å². The fourth-order valence-electron chi connectivity index (χ4n) is 17.3. The minimum Gasteiger partial charge on any atom is -0.628 e. The van der Waals surface area contributed by atoms with E-state index < -0.39 is 34.0 Å². The number of allylic oxidation sites excluding steroid dienone is 1. The smallest absolute Gasteiger partial charge is 0.229 e. The molecule has 0 spiro atoms. The van der Waals surface area contributed by atoms with E-state index in [0.29, 0.717) is 122 Å². The number of aryl methyl sites for hydroxylation is 1. The number of carbonyl (C=O) groups excluding carboxylic acids is 1. The van der Waals surface area contributed by atoms with Gasteiger partial charge >= 0.3 is 0 Å². The first-order valence-corrected chi connectivity index (χ1v) is 48.5. The van der Waals surface area contributed by atoms with Gasteiger partial charge in [-0.2, -0.15) is 15.0 Å². The number of benzene rings is 5. The topological polar surface area (TPSA) is 340 Å². The second-order valence-corrected chi connectivity index (χ2v) is 43.1. The summed E-state index contributed by atoms with van der Waals surface area (Å²) in [5.74, 6) is 4.06. The average molecular weight is 1790 g/mol. The fraction of sp³-hybridized carbons (Fsp3) is 0.477. The summed E-state index contributed by atoms with van der Waals surface area (Å²) in [7, 11) is 5.32. The minimum atomic E-state index is -3.54.